The molecule has 27 heavy (non-hydrogen) atoms. The number of aliphatic imine (C=N–C) groups is 1. The third kappa shape index (κ3) is 9.94. The molecule has 0 amide bonds. The third-order valence-electron chi connectivity index (χ3n) is 3.52. The summed E-state index contributed by atoms with van der Waals surface area (Å²) in [6.07, 6.45) is 0. The summed E-state index contributed by atoms with van der Waals surface area (Å²) >= 11 is 0. The maximum absolute atomic E-state index is 12.5. The van der Waals surface area contributed by atoms with Crippen molar-refractivity contribution in [2.45, 2.75) is 46.5 Å². The van der Waals surface area contributed by atoms with Crippen molar-refractivity contribution in [3.63, 3.8) is 0 Å². The number of benzene rings is 1. The molecule has 1 rings (SSSR count). The lowest BCUT2D eigenvalue weighted by atomic mass is 10.1. The summed E-state index contributed by atoms with van der Waals surface area (Å²) in [4.78, 5) is 4.51. The first kappa shape index (κ1) is 25.6. The van der Waals surface area contributed by atoms with Gasteiger partial charge in [-0.05, 0) is 45.4 Å². The van der Waals surface area contributed by atoms with E-state index in [2.05, 4.69) is 20.4 Å². The van der Waals surface area contributed by atoms with E-state index in [4.69, 9.17) is 9.47 Å². The first-order valence-electron chi connectivity index (χ1n) is 8.59. The molecule has 1 aromatic carbocycles. The minimum Gasteiger partial charge on any atom is -0.490 e. The lowest BCUT2D eigenvalue weighted by Crippen LogP contribution is -2.45. The molecule has 0 spiro atoms. The van der Waals surface area contributed by atoms with Crippen LogP contribution in [0.2, 0.25) is 0 Å². The zero-order valence-electron chi connectivity index (χ0n) is 16.5. The second-order valence-corrected chi connectivity index (χ2v) is 6.11. The van der Waals surface area contributed by atoms with Gasteiger partial charge < -0.3 is 24.8 Å². The van der Waals surface area contributed by atoms with Gasteiger partial charge in [0, 0.05) is 20.2 Å². The van der Waals surface area contributed by atoms with E-state index in [1.54, 1.807) is 26.2 Å². The van der Waals surface area contributed by atoms with Crippen LogP contribution in [0.1, 0.15) is 33.3 Å². The van der Waals surface area contributed by atoms with Crippen molar-refractivity contribution >= 4 is 29.9 Å². The summed E-state index contributed by atoms with van der Waals surface area (Å²) in [5.74, 6) is 0.934. The highest BCUT2D eigenvalue weighted by molar-refractivity contribution is 14.0. The van der Waals surface area contributed by atoms with Crippen LogP contribution in [0.5, 0.6) is 11.5 Å². The lowest BCUT2D eigenvalue weighted by molar-refractivity contribution is -0.0514. The van der Waals surface area contributed by atoms with Crippen LogP contribution in [-0.4, -0.2) is 45.0 Å². The number of methoxy groups -OCH3 is 1. The van der Waals surface area contributed by atoms with Gasteiger partial charge in [0.1, 0.15) is 0 Å². The van der Waals surface area contributed by atoms with E-state index in [9.17, 15) is 8.78 Å². The molecule has 0 saturated heterocycles. The van der Waals surface area contributed by atoms with E-state index in [-0.39, 0.29) is 41.1 Å². The number of nitrogens with one attached hydrogen (secondary N) is 2. The van der Waals surface area contributed by atoms with Gasteiger partial charge in [-0.3, -0.25) is 0 Å². The minimum atomic E-state index is -2.90. The molecule has 0 aromatic heterocycles. The molecule has 0 unspecified atom stereocenters. The number of nitrogens with zero attached hydrogens (tertiary/aromatic N) is 1. The SMILES string of the molecule is CCNC(=NCc1ccc(OC(F)F)c(OCC)c1)NCC(C)(C)OC.I. The van der Waals surface area contributed by atoms with Gasteiger partial charge in [0.2, 0.25) is 0 Å². The Kier molecular flexibility index (Phi) is 12.3. The number of guanidine groups is 1. The largest absolute Gasteiger partial charge is 0.490 e. The number of hydrogen-bond donors (Lipinski definition) is 2. The zero-order valence-corrected chi connectivity index (χ0v) is 18.8. The summed E-state index contributed by atoms with van der Waals surface area (Å²) in [6.45, 7) is 6.81. The first-order valence-corrected chi connectivity index (χ1v) is 8.59. The Morgan fingerprint density at radius 1 is 1.19 bits per heavy atom. The Labute approximate surface area is 177 Å². The predicted octanol–water partition coefficient (Wildman–Crippen LogP) is 3.78. The molecule has 2 N–H and O–H groups in total. The molecule has 0 heterocycles. The van der Waals surface area contributed by atoms with Gasteiger partial charge >= 0.3 is 6.61 Å². The Morgan fingerprint density at radius 3 is 2.44 bits per heavy atom. The summed E-state index contributed by atoms with van der Waals surface area (Å²) < 4.78 is 40.2. The molecule has 0 aliphatic heterocycles. The number of ether oxygens (including phenoxy) is 3. The number of alkyl halides is 2. The summed E-state index contributed by atoms with van der Waals surface area (Å²) in [7, 11) is 1.66. The Bertz CT molecular complexity index is 587. The fourth-order valence-electron chi connectivity index (χ4n) is 1.99. The van der Waals surface area contributed by atoms with Gasteiger partial charge in [0.25, 0.3) is 0 Å². The first-order chi connectivity index (χ1) is 12.3. The fraction of sp³-hybridized carbons (Fsp3) is 0.611. The number of halogens is 3. The van der Waals surface area contributed by atoms with Crippen molar-refractivity contribution in [3.05, 3.63) is 23.8 Å². The molecule has 156 valence electrons. The molecule has 9 heteroatoms. The monoisotopic (exact) mass is 501 g/mol. The molecule has 0 aliphatic rings. The molecule has 0 fully saturated rings. The van der Waals surface area contributed by atoms with Crippen LogP contribution in [0.4, 0.5) is 8.78 Å². The Morgan fingerprint density at radius 2 is 1.89 bits per heavy atom. The molecule has 6 nitrogen and oxygen atoms in total. The summed E-state index contributed by atoms with van der Waals surface area (Å²) in [5, 5.41) is 6.37. The van der Waals surface area contributed by atoms with Crippen molar-refractivity contribution in [1.29, 1.82) is 0 Å². The zero-order chi connectivity index (χ0) is 19.6. The van der Waals surface area contributed by atoms with Crippen molar-refractivity contribution in [2.24, 2.45) is 4.99 Å². The van der Waals surface area contributed by atoms with Gasteiger partial charge in [0.05, 0.1) is 18.8 Å². The van der Waals surface area contributed by atoms with Crippen LogP contribution < -0.4 is 20.1 Å². The lowest BCUT2D eigenvalue weighted by Gasteiger charge is -2.24. The number of rotatable bonds is 10. The average Bonchev–Trinajstić information content (AvgIpc) is 2.59. The molecular weight excluding hydrogens is 471 g/mol. The van der Waals surface area contributed by atoms with Gasteiger partial charge in [0.15, 0.2) is 17.5 Å². The second-order valence-electron chi connectivity index (χ2n) is 6.11. The van der Waals surface area contributed by atoms with Crippen LogP contribution in [0, 0.1) is 0 Å². The Hall–Kier alpha value is -1.36. The molecule has 0 atom stereocenters. The highest BCUT2D eigenvalue weighted by atomic mass is 127. The molecule has 0 aliphatic carbocycles. The molecular formula is C18H30F2IN3O3. The maximum Gasteiger partial charge on any atom is 0.387 e. The second kappa shape index (κ2) is 12.9. The van der Waals surface area contributed by atoms with Crippen LogP contribution in [0.25, 0.3) is 0 Å². The topological polar surface area (TPSA) is 64.1 Å². The smallest absolute Gasteiger partial charge is 0.387 e. The van der Waals surface area contributed by atoms with Crippen molar-refractivity contribution in [3.8, 4) is 11.5 Å². The number of hydrogen-bond acceptors (Lipinski definition) is 4. The molecule has 0 saturated carbocycles. The Balaban J connectivity index is 0.00000676. The van der Waals surface area contributed by atoms with Gasteiger partial charge in [-0.1, -0.05) is 6.07 Å². The normalized spacial score (nSPS) is 11.8. The maximum atomic E-state index is 12.5. The molecule has 0 bridgehead atoms. The van der Waals surface area contributed by atoms with Gasteiger partial charge in [-0.2, -0.15) is 8.78 Å². The predicted molar refractivity (Wildman–Crippen MR) is 114 cm³/mol. The fourth-order valence-corrected chi connectivity index (χ4v) is 1.99. The van der Waals surface area contributed by atoms with Gasteiger partial charge in [-0.25, -0.2) is 4.99 Å². The van der Waals surface area contributed by atoms with Crippen molar-refractivity contribution in [1.82, 2.24) is 10.6 Å². The highest BCUT2D eigenvalue weighted by Gasteiger charge is 2.16. The van der Waals surface area contributed by atoms with Crippen molar-refractivity contribution < 1.29 is 23.0 Å². The van der Waals surface area contributed by atoms with E-state index in [0.717, 1.165) is 5.56 Å². The summed E-state index contributed by atoms with van der Waals surface area (Å²) in [5.41, 5.74) is 0.491. The minimum absolute atomic E-state index is 0. The highest BCUT2D eigenvalue weighted by Crippen LogP contribution is 2.30. The van der Waals surface area contributed by atoms with E-state index in [1.165, 1.54) is 6.07 Å². The van der Waals surface area contributed by atoms with Crippen LogP contribution in [-0.2, 0) is 11.3 Å². The van der Waals surface area contributed by atoms with Crippen molar-refractivity contribution in [2.75, 3.05) is 26.8 Å². The van der Waals surface area contributed by atoms with Crippen LogP contribution in [0.15, 0.2) is 23.2 Å². The van der Waals surface area contributed by atoms with Gasteiger partial charge in [-0.15, -0.1) is 24.0 Å². The average molecular weight is 501 g/mol. The quantitative estimate of drug-likeness (QED) is 0.290. The molecule has 1 aromatic rings. The summed E-state index contributed by atoms with van der Waals surface area (Å²) in [6, 6.07) is 4.82. The van der Waals surface area contributed by atoms with E-state index >= 15 is 0 Å². The van der Waals surface area contributed by atoms with Crippen LogP contribution >= 0.6 is 24.0 Å². The van der Waals surface area contributed by atoms with E-state index in [0.29, 0.717) is 32.2 Å². The standard InChI is InChI=1S/C18H29F2N3O3.HI/c1-6-21-17(23-12-18(3,4)24-5)22-11-13-8-9-14(26-16(19)20)15(10-13)25-7-2;/h8-10,16H,6-7,11-12H2,1-5H3,(H2,21,22,23);1H. The van der Waals surface area contributed by atoms with Crippen LogP contribution in [0.3, 0.4) is 0 Å². The van der Waals surface area contributed by atoms with E-state index < -0.39 is 6.61 Å². The van der Waals surface area contributed by atoms with E-state index in [1.807, 2.05) is 20.8 Å². The third-order valence-corrected chi connectivity index (χ3v) is 3.52. The molecule has 0 radical (unpaired) electrons.